The average molecular weight is 290 g/mol. The molecule has 0 bridgehead atoms. The van der Waals surface area contributed by atoms with E-state index in [1.165, 1.54) is 26.2 Å². The van der Waals surface area contributed by atoms with E-state index in [-0.39, 0.29) is 11.3 Å². The Labute approximate surface area is 110 Å². The zero-order valence-corrected chi connectivity index (χ0v) is 11.4. The number of carboxylic acids is 1. The van der Waals surface area contributed by atoms with Gasteiger partial charge in [0.25, 0.3) is 0 Å². The summed E-state index contributed by atoms with van der Waals surface area (Å²) in [6, 6.07) is 3.86. The van der Waals surface area contributed by atoms with Crippen LogP contribution in [0.5, 0.6) is 5.75 Å². The number of rotatable bonds is 6. The largest absolute Gasteiger partial charge is 0.497 e. The first-order chi connectivity index (χ1) is 8.75. The van der Waals surface area contributed by atoms with Crippen LogP contribution in [0.1, 0.15) is 12.5 Å². The van der Waals surface area contributed by atoms with E-state index in [9.17, 15) is 17.6 Å². The molecule has 0 radical (unpaired) electrons. The molecule has 0 amide bonds. The molecular formula is C12H15FO5S. The van der Waals surface area contributed by atoms with Crippen LogP contribution in [0.15, 0.2) is 18.2 Å². The minimum Gasteiger partial charge on any atom is -0.497 e. The second-order valence-electron chi connectivity index (χ2n) is 4.25. The third-order valence-electron chi connectivity index (χ3n) is 2.56. The van der Waals surface area contributed by atoms with Crippen LogP contribution in [0.4, 0.5) is 4.39 Å². The topological polar surface area (TPSA) is 80.7 Å². The molecule has 0 saturated carbocycles. The molecule has 5 nitrogen and oxygen atoms in total. The molecule has 0 fully saturated rings. The SMILES string of the molecule is COc1ccc(CS(=O)(=O)CC(C)C(=O)O)c(F)c1. The van der Waals surface area contributed by atoms with Crippen LogP contribution in [0.2, 0.25) is 0 Å². The monoisotopic (exact) mass is 290 g/mol. The normalized spacial score (nSPS) is 13.0. The minimum atomic E-state index is -3.68. The first kappa shape index (κ1) is 15.4. The summed E-state index contributed by atoms with van der Waals surface area (Å²) in [6.07, 6.45) is 0. The van der Waals surface area contributed by atoms with Gasteiger partial charge >= 0.3 is 5.97 Å². The summed E-state index contributed by atoms with van der Waals surface area (Å²) < 4.78 is 41.9. The van der Waals surface area contributed by atoms with E-state index in [0.717, 1.165) is 6.07 Å². The molecule has 1 aromatic rings. The molecule has 0 spiro atoms. The highest BCUT2D eigenvalue weighted by atomic mass is 32.2. The van der Waals surface area contributed by atoms with E-state index in [4.69, 9.17) is 9.84 Å². The number of hydrogen-bond donors (Lipinski definition) is 1. The summed E-state index contributed by atoms with van der Waals surface area (Å²) >= 11 is 0. The molecule has 0 aliphatic carbocycles. The summed E-state index contributed by atoms with van der Waals surface area (Å²) in [5.41, 5.74) is -0.00149. The van der Waals surface area contributed by atoms with Gasteiger partial charge in [-0.3, -0.25) is 4.79 Å². The van der Waals surface area contributed by atoms with Crippen LogP contribution in [-0.2, 0) is 20.4 Å². The van der Waals surface area contributed by atoms with Gasteiger partial charge in [-0.15, -0.1) is 0 Å². The second-order valence-corrected chi connectivity index (χ2v) is 6.36. The van der Waals surface area contributed by atoms with Crippen molar-refractivity contribution in [3.05, 3.63) is 29.6 Å². The molecule has 0 aliphatic heterocycles. The van der Waals surface area contributed by atoms with Crippen molar-refractivity contribution in [3.8, 4) is 5.75 Å². The lowest BCUT2D eigenvalue weighted by Gasteiger charge is -2.09. The molecule has 0 aliphatic rings. The van der Waals surface area contributed by atoms with E-state index in [1.54, 1.807) is 0 Å². The molecular weight excluding hydrogens is 275 g/mol. The lowest BCUT2D eigenvalue weighted by molar-refractivity contribution is -0.140. The molecule has 106 valence electrons. The molecule has 0 heterocycles. The smallest absolute Gasteiger partial charge is 0.307 e. The predicted octanol–water partition coefficient (Wildman–Crippen LogP) is 1.47. The molecule has 1 atom stereocenters. The third-order valence-corrected chi connectivity index (χ3v) is 4.32. The highest BCUT2D eigenvalue weighted by Gasteiger charge is 2.22. The van der Waals surface area contributed by atoms with Gasteiger partial charge in [0, 0.05) is 11.6 Å². The van der Waals surface area contributed by atoms with Crippen molar-refractivity contribution in [1.82, 2.24) is 0 Å². The maximum Gasteiger partial charge on any atom is 0.307 e. The predicted molar refractivity (Wildman–Crippen MR) is 67.2 cm³/mol. The maximum absolute atomic E-state index is 13.6. The van der Waals surface area contributed by atoms with E-state index < -0.39 is 39.0 Å². The summed E-state index contributed by atoms with van der Waals surface area (Å²) in [5, 5.41) is 8.68. The molecule has 19 heavy (non-hydrogen) atoms. The zero-order chi connectivity index (χ0) is 14.6. The molecule has 1 unspecified atom stereocenters. The number of halogens is 1. The van der Waals surface area contributed by atoms with Crippen LogP contribution in [0, 0.1) is 11.7 Å². The van der Waals surface area contributed by atoms with Crippen molar-refractivity contribution >= 4 is 15.8 Å². The Bertz CT molecular complexity index is 567. The van der Waals surface area contributed by atoms with Gasteiger partial charge in [-0.1, -0.05) is 13.0 Å². The highest BCUT2D eigenvalue weighted by molar-refractivity contribution is 7.90. The van der Waals surface area contributed by atoms with Gasteiger partial charge in [0.2, 0.25) is 0 Å². The van der Waals surface area contributed by atoms with E-state index in [0.29, 0.717) is 0 Å². The number of ether oxygens (including phenoxy) is 1. The highest BCUT2D eigenvalue weighted by Crippen LogP contribution is 2.19. The Morgan fingerprint density at radius 1 is 1.47 bits per heavy atom. The van der Waals surface area contributed by atoms with E-state index in [1.807, 2.05) is 0 Å². The van der Waals surface area contributed by atoms with Crippen LogP contribution < -0.4 is 4.74 Å². The fourth-order valence-electron chi connectivity index (χ4n) is 1.52. The van der Waals surface area contributed by atoms with Gasteiger partial charge in [-0.05, 0) is 6.07 Å². The fourth-order valence-corrected chi connectivity index (χ4v) is 3.25. The van der Waals surface area contributed by atoms with Crippen LogP contribution in [-0.4, -0.2) is 32.4 Å². The lowest BCUT2D eigenvalue weighted by atomic mass is 10.2. The van der Waals surface area contributed by atoms with Crippen molar-refractivity contribution in [3.63, 3.8) is 0 Å². The maximum atomic E-state index is 13.6. The second kappa shape index (κ2) is 6.01. The quantitative estimate of drug-likeness (QED) is 0.858. The molecule has 1 rings (SSSR count). The van der Waals surface area contributed by atoms with Gasteiger partial charge in [0.15, 0.2) is 9.84 Å². The zero-order valence-electron chi connectivity index (χ0n) is 10.6. The summed E-state index contributed by atoms with van der Waals surface area (Å²) in [4.78, 5) is 10.6. The summed E-state index contributed by atoms with van der Waals surface area (Å²) in [5.74, 6) is -3.66. The van der Waals surface area contributed by atoms with E-state index in [2.05, 4.69) is 0 Å². The van der Waals surface area contributed by atoms with Gasteiger partial charge in [-0.2, -0.15) is 0 Å². The fraction of sp³-hybridized carbons (Fsp3) is 0.417. The molecule has 0 aromatic heterocycles. The van der Waals surface area contributed by atoms with Crippen LogP contribution in [0.25, 0.3) is 0 Å². The number of carbonyl (C=O) groups is 1. The average Bonchev–Trinajstić information content (AvgIpc) is 2.30. The van der Waals surface area contributed by atoms with Gasteiger partial charge in [-0.25, -0.2) is 12.8 Å². The minimum absolute atomic E-state index is 0.00149. The Hall–Kier alpha value is -1.63. The Morgan fingerprint density at radius 3 is 2.58 bits per heavy atom. The van der Waals surface area contributed by atoms with Gasteiger partial charge in [0.05, 0.1) is 24.5 Å². The number of benzene rings is 1. The van der Waals surface area contributed by atoms with Gasteiger partial charge in [0.1, 0.15) is 11.6 Å². The summed E-state index contributed by atoms with van der Waals surface area (Å²) in [7, 11) is -2.31. The van der Waals surface area contributed by atoms with Crippen molar-refractivity contribution in [2.45, 2.75) is 12.7 Å². The van der Waals surface area contributed by atoms with Crippen molar-refractivity contribution in [2.75, 3.05) is 12.9 Å². The third kappa shape index (κ3) is 4.51. The standard InChI is InChI=1S/C12H15FO5S/c1-8(12(14)15)6-19(16,17)7-9-3-4-10(18-2)5-11(9)13/h3-5,8H,6-7H2,1-2H3,(H,14,15). The number of aliphatic carboxylic acids is 1. The number of methoxy groups -OCH3 is 1. The molecule has 7 heteroatoms. The Morgan fingerprint density at radius 2 is 2.11 bits per heavy atom. The summed E-state index contributed by atoms with van der Waals surface area (Å²) in [6.45, 7) is 1.30. The number of carboxylic acid groups (broad SMARTS) is 1. The molecule has 1 N–H and O–H groups in total. The van der Waals surface area contributed by atoms with Crippen molar-refractivity contribution in [2.24, 2.45) is 5.92 Å². The van der Waals surface area contributed by atoms with Crippen LogP contribution >= 0.6 is 0 Å². The molecule has 1 aromatic carbocycles. The van der Waals surface area contributed by atoms with Crippen LogP contribution in [0.3, 0.4) is 0 Å². The molecule has 0 saturated heterocycles. The Kier molecular flexibility index (Phi) is 4.88. The van der Waals surface area contributed by atoms with Gasteiger partial charge < -0.3 is 9.84 Å². The number of hydrogen-bond acceptors (Lipinski definition) is 4. The van der Waals surface area contributed by atoms with E-state index >= 15 is 0 Å². The van der Waals surface area contributed by atoms with Crippen molar-refractivity contribution in [1.29, 1.82) is 0 Å². The Balaban J connectivity index is 2.87. The number of sulfone groups is 1. The first-order valence-corrected chi connectivity index (χ1v) is 7.33. The van der Waals surface area contributed by atoms with Crippen molar-refractivity contribution < 1.29 is 27.4 Å². The lowest BCUT2D eigenvalue weighted by Crippen LogP contribution is -2.22. The first-order valence-electron chi connectivity index (χ1n) is 5.51.